The number of carboxylic acid groups (broad SMARTS) is 1. The molecule has 0 aromatic heterocycles. The maximum Gasteiger partial charge on any atom is 0.335 e. The van der Waals surface area contributed by atoms with Gasteiger partial charge in [-0.05, 0) is 65.8 Å². The summed E-state index contributed by atoms with van der Waals surface area (Å²) in [5, 5.41) is 15.3. The summed E-state index contributed by atoms with van der Waals surface area (Å²) in [6.07, 6.45) is 0.554. The van der Waals surface area contributed by atoms with E-state index in [1.165, 1.54) is 35.2 Å². The van der Waals surface area contributed by atoms with E-state index in [2.05, 4.69) is 31.4 Å². The zero-order chi connectivity index (χ0) is 29.0. The van der Waals surface area contributed by atoms with Crippen molar-refractivity contribution < 1.29 is 23.9 Å². The normalized spacial score (nSPS) is 21.9. The molecule has 3 amide bonds. The molecule has 2 aliphatic heterocycles. The van der Waals surface area contributed by atoms with Crippen molar-refractivity contribution in [2.75, 3.05) is 17.2 Å². The van der Waals surface area contributed by atoms with Crippen LogP contribution in [0.25, 0.3) is 0 Å². The first kappa shape index (κ1) is 27.9. The lowest BCUT2D eigenvalue weighted by Crippen LogP contribution is -2.47. The molecule has 5 rings (SSSR count). The molecule has 1 fully saturated rings. The van der Waals surface area contributed by atoms with Crippen LogP contribution in [0.3, 0.4) is 0 Å². The summed E-state index contributed by atoms with van der Waals surface area (Å²) >= 11 is 12.5. The highest BCUT2D eigenvalue weighted by Crippen LogP contribution is 2.60. The number of fused-ring (bicyclic) bond motifs is 2. The van der Waals surface area contributed by atoms with Crippen molar-refractivity contribution in [2.24, 2.45) is 11.3 Å². The van der Waals surface area contributed by atoms with Gasteiger partial charge in [-0.1, -0.05) is 62.2 Å². The number of amides is 3. The zero-order valence-corrected chi connectivity index (χ0v) is 23.6. The molecule has 0 unspecified atom stereocenters. The van der Waals surface area contributed by atoms with Crippen LogP contribution in [-0.2, 0) is 10.2 Å². The third-order valence-corrected chi connectivity index (χ3v) is 8.16. The number of aromatic carboxylic acids is 1. The number of likely N-dealkylation sites (tertiary alicyclic amines) is 1. The minimum Gasteiger partial charge on any atom is -0.478 e. The minimum atomic E-state index is -1.33. The second kappa shape index (κ2) is 10.1. The zero-order valence-electron chi connectivity index (χ0n) is 22.1. The van der Waals surface area contributed by atoms with Crippen molar-refractivity contribution in [3.63, 3.8) is 0 Å². The number of hydrogen-bond acceptors (Lipinski definition) is 3. The maximum atomic E-state index is 15.8. The van der Waals surface area contributed by atoms with Gasteiger partial charge in [-0.3, -0.25) is 4.79 Å². The Morgan fingerprint density at radius 2 is 1.82 bits per heavy atom. The van der Waals surface area contributed by atoms with Gasteiger partial charge in [-0.25, -0.2) is 14.0 Å². The van der Waals surface area contributed by atoms with Crippen molar-refractivity contribution in [2.45, 2.75) is 38.6 Å². The van der Waals surface area contributed by atoms with Crippen molar-refractivity contribution in [1.29, 1.82) is 0 Å². The van der Waals surface area contributed by atoms with Crippen LogP contribution >= 0.6 is 23.2 Å². The van der Waals surface area contributed by atoms with Gasteiger partial charge in [0.05, 0.1) is 16.6 Å². The Kier molecular flexibility index (Phi) is 7.04. The van der Waals surface area contributed by atoms with Gasteiger partial charge in [0.25, 0.3) is 0 Å². The number of anilines is 2. The van der Waals surface area contributed by atoms with Crippen molar-refractivity contribution in [1.82, 2.24) is 4.90 Å². The van der Waals surface area contributed by atoms with Gasteiger partial charge in [0.15, 0.2) is 0 Å². The number of carbonyl (C=O) groups excluding carboxylic acids is 2. The third kappa shape index (κ3) is 4.69. The fourth-order valence-corrected chi connectivity index (χ4v) is 6.52. The summed E-state index contributed by atoms with van der Waals surface area (Å²) in [4.78, 5) is 40.8. The van der Waals surface area contributed by atoms with Crippen LogP contribution in [0.2, 0.25) is 10.0 Å². The van der Waals surface area contributed by atoms with Crippen molar-refractivity contribution in [3.8, 4) is 0 Å². The van der Waals surface area contributed by atoms with Gasteiger partial charge >= 0.3 is 12.0 Å². The number of nitrogens with zero attached hydrogens (tertiary/aromatic N) is 1. The van der Waals surface area contributed by atoms with E-state index in [0.29, 0.717) is 28.4 Å². The van der Waals surface area contributed by atoms with Gasteiger partial charge in [-0.15, -0.1) is 0 Å². The van der Waals surface area contributed by atoms with Gasteiger partial charge in [-0.2, -0.15) is 0 Å². The Hall–Kier alpha value is -3.62. The average Bonchev–Trinajstić information content (AvgIpc) is 3.35. The summed E-state index contributed by atoms with van der Waals surface area (Å²) in [6.45, 7) is 6.32. The molecule has 3 aromatic rings. The molecule has 1 saturated heterocycles. The Morgan fingerprint density at radius 1 is 1.12 bits per heavy atom. The molecule has 2 heterocycles. The van der Waals surface area contributed by atoms with Crippen LogP contribution in [0.1, 0.15) is 54.7 Å². The fourth-order valence-electron chi connectivity index (χ4n) is 6.16. The number of carboxylic acids is 1. The van der Waals surface area contributed by atoms with Crippen LogP contribution in [0.15, 0.2) is 60.7 Å². The summed E-state index contributed by atoms with van der Waals surface area (Å²) in [7, 11) is 0. The minimum absolute atomic E-state index is 0.0696. The second-order valence-electron chi connectivity index (χ2n) is 11.5. The molecule has 40 heavy (non-hydrogen) atoms. The highest BCUT2D eigenvalue weighted by atomic mass is 35.5. The van der Waals surface area contributed by atoms with E-state index in [4.69, 9.17) is 23.2 Å². The molecule has 0 radical (unpaired) electrons. The predicted octanol–water partition coefficient (Wildman–Crippen LogP) is 7.36. The number of nitrogens with one attached hydrogen (secondary N) is 2. The standard InChI is InChI=1S/C30H28Cl2FN3O4/c1-29(2,3)14-17-15-36(28(40)34-19-10-7-16(8-11-19)26(37)38)25(20-5-4-6-22(32)24(20)33)30(17)21-12-9-18(31)13-23(21)35-27(30)39/h4-13,17,25H,14-15H2,1-3H3,(H,34,40)(H,35,39)(H,37,38)/t17-,25-,30+/m1/s1. The molecule has 0 saturated carbocycles. The first-order chi connectivity index (χ1) is 18.8. The van der Waals surface area contributed by atoms with Crippen molar-refractivity contribution in [3.05, 3.63) is 93.2 Å². The molecular formula is C30H28Cl2FN3O4. The molecule has 0 aliphatic carbocycles. The molecule has 3 aromatic carbocycles. The lowest BCUT2D eigenvalue weighted by Gasteiger charge is -2.38. The quantitative estimate of drug-likeness (QED) is 0.298. The van der Waals surface area contributed by atoms with Crippen LogP contribution in [0.4, 0.5) is 20.6 Å². The van der Waals surface area contributed by atoms with Crippen LogP contribution in [-0.4, -0.2) is 34.5 Å². The van der Waals surface area contributed by atoms with Crippen LogP contribution < -0.4 is 10.6 Å². The van der Waals surface area contributed by atoms with E-state index in [9.17, 15) is 19.5 Å². The molecular weight excluding hydrogens is 556 g/mol. The second-order valence-corrected chi connectivity index (χ2v) is 12.3. The summed E-state index contributed by atoms with van der Waals surface area (Å²) in [5.41, 5.74) is 0.152. The topological polar surface area (TPSA) is 98.7 Å². The van der Waals surface area contributed by atoms with E-state index in [-0.39, 0.29) is 34.0 Å². The highest BCUT2D eigenvalue weighted by molar-refractivity contribution is 6.31. The Balaban J connectivity index is 1.69. The van der Waals surface area contributed by atoms with Crippen LogP contribution in [0, 0.1) is 17.2 Å². The average molecular weight is 584 g/mol. The van der Waals surface area contributed by atoms with Gasteiger partial charge in [0.1, 0.15) is 11.2 Å². The predicted molar refractivity (Wildman–Crippen MR) is 153 cm³/mol. The van der Waals surface area contributed by atoms with E-state index >= 15 is 4.39 Å². The molecule has 2 aliphatic rings. The number of carbonyl (C=O) groups is 3. The lowest BCUT2D eigenvalue weighted by molar-refractivity contribution is -0.123. The number of urea groups is 1. The monoisotopic (exact) mass is 583 g/mol. The molecule has 3 N–H and O–H groups in total. The van der Waals surface area contributed by atoms with Crippen LogP contribution in [0.5, 0.6) is 0 Å². The maximum absolute atomic E-state index is 15.8. The Labute approximate surface area is 241 Å². The molecule has 10 heteroatoms. The number of rotatable bonds is 4. The smallest absolute Gasteiger partial charge is 0.335 e. The number of hydrogen-bond donors (Lipinski definition) is 3. The Bertz CT molecular complexity index is 1520. The molecule has 1 spiro atoms. The first-order valence-electron chi connectivity index (χ1n) is 12.8. The fraction of sp³-hybridized carbons (Fsp3) is 0.300. The first-order valence-corrected chi connectivity index (χ1v) is 13.5. The summed E-state index contributed by atoms with van der Waals surface area (Å²) in [5.74, 6) is -2.53. The molecule has 3 atom stereocenters. The van der Waals surface area contributed by atoms with Crippen molar-refractivity contribution >= 4 is 52.5 Å². The van der Waals surface area contributed by atoms with E-state index in [1.54, 1.807) is 30.3 Å². The van der Waals surface area contributed by atoms with E-state index < -0.39 is 35.2 Å². The largest absolute Gasteiger partial charge is 0.478 e. The van der Waals surface area contributed by atoms with Gasteiger partial charge in [0, 0.05) is 28.5 Å². The summed E-state index contributed by atoms with van der Waals surface area (Å²) < 4.78 is 15.8. The SMILES string of the molecule is CC(C)(C)C[C@@H]1CN(C(=O)Nc2ccc(C(=O)O)cc2)[C@H](c2cccc(Cl)c2F)[C@]12C(=O)Nc1cc(Cl)ccc12. The third-order valence-electron chi connectivity index (χ3n) is 7.63. The van der Waals surface area contributed by atoms with Gasteiger partial charge in [0.2, 0.25) is 5.91 Å². The molecule has 208 valence electrons. The van der Waals surface area contributed by atoms with Gasteiger partial charge < -0.3 is 20.6 Å². The highest BCUT2D eigenvalue weighted by Gasteiger charge is 2.65. The summed E-state index contributed by atoms with van der Waals surface area (Å²) in [6, 6.07) is 13.8. The lowest BCUT2D eigenvalue weighted by atomic mass is 9.63. The van der Waals surface area contributed by atoms with E-state index in [1.807, 2.05) is 0 Å². The number of halogens is 3. The van der Waals surface area contributed by atoms with E-state index in [0.717, 1.165) is 0 Å². The molecule has 0 bridgehead atoms. The number of benzene rings is 3. The Morgan fingerprint density at radius 3 is 2.48 bits per heavy atom. The molecule has 7 nitrogen and oxygen atoms in total.